The van der Waals surface area contributed by atoms with E-state index in [-0.39, 0.29) is 36.2 Å². The first-order valence-electron chi connectivity index (χ1n) is 19.7. The number of nitrogens with zero attached hydrogens (tertiary/aromatic N) is 1. The van der Waals surface area contributed by atoms with Crippen LogP contribution in [0.15, 0.2) is 48.6 Å². The molecule has 0 spiro atoms. The molecule has 0 aromatic carbocycles. The fraction of sp³-hybridized carbons (Fsp3) is 0.738. The van der Waals surface area contributed by atoms with Gasteiger partial charge in [0.2, 0.25) is 0 Å². The Kier molecular flexibility index (Phi) is 31.6. The standard InChI is InChI=1S/C42H73NO7/c1-6-8-10-12-14-16-17-18-19-20-21-22-23-25-27-29-31-33-41(45)50-38(36-48-35-34-39(42(46)47)43(3,4)5)37-49-40(44)32-30-28-26-24-15-13-11-9-7-2/h8,10,14,16,18-19,21-22,38-39H,6-7,9,11-13,15,17,20,23-37H2,1-5H3/p+1/b10-8-,16-14-,19-18-,22-21-. The lowest BCUT2D eigenvalue weighted by atomic mass is 10.1. The summed E-state index contributed by atoms with van der Waals surface area (Å²) in [5, 5.41) is 9.58. The van der Waals surface area contributed by atoms with Gasteiger partial charge >= 0.3 is 17.9 Å². The lowest BCUT2D eigenvalue weighted by molar-refractivity contribution is -0.887. The van der Waals surface area contributed by atoms with Crippen molar-refractivity contribution in [2.75, 3.05) is 41.0 Å². The topological polar surface area (TPSA) is 99.1 Å². The van der Waals surface area contributed by atoms with E-state index in [0.29, 0.717) is 19.3 Å². The minimum atomic E-state index is -0.882. The zero-order chi connectivity index (χ0) is 37.1. The van der Waals surface area contributed by atoms with Crippen LogP contribution >= 0.6 is 0 Å². The molecule has 288 valence electrons. The Bertz CT molecular complexity index is 964. The zero-order valence-corrected chi connectivity index (χ0v) is 32.6. The van der Waals surface area contributed by atoms with Crippen LogP contribution in [0.25, 0.3) is 0 Å². The molecule has 50 heavy (non-hydrogen) atoms. The number of likely N-dealkylation sites (N-methyl/N-ethyl adjacent to an activating group) is 1. The van der Waals surface area contributed by atoms with Crippen LogP contribution in [0, 0.1) is 0 Å². The third-order valence-electron chi connectivity index (χ3n) is 8.49. The van der Waals surface area contributed by atoms with Crippen LogP contribution in [0.4, 0.5) is 0 Å². The van der Waals surface area contributed by atoms with E-state index in [2.05, 4.69) is 62.5 Å². The molecular formula is C42H74NO7+. The predicted molar refractivity (Wildman–Crippen MR) is 206 cm³/mol. The van der Waals surface area contributed by atoms with Gasteiger partial charge in [-0.1, -0.05) is 127 Å². The van der Waals surface area contributed by atoms with Gasteiger partial charge in [0, 0.05) is 19.3 Å². The SMILES string of the molecule is CC/C=C\C/C=C\C/C=C\C/C=C\CCCCCCC(=O)OC(COCCC(C(=O)O)[N+](C)(C)C)COC(=O)CCCCCCCCCCC. The van der Waals surface area contributed by atoms with Crippen molar-refractivity contribution in [1.29, 1.82) is 0 Å². The average molecular weight is 705 g/mol. The second kappa shape index (κ2) is 33.4. The second-order valence-electron chi connectivity index (χ2n) is 14.2. The number of carbonyl (C=O) groups is 3. The Labute approximate surface area is 306 Å². The molecule has 2 unspecified atom stereocenters. The van der Waals surface area contributed by atoms with E-state index in [1.807, 2.05) is 21.1 Å². The van der Waals surface area contributed by atoms with Gasteiger partial charge in [0.15, 0.2) is 12.1 Å². The number of hydrogen-bond donors (Lipinski definition) is 1. The molecule has 0 aliphatic carbocycles. The van der Waals surface area contributed by atoms with Gasteiger partial charge < -0.3 is 23.8 Å². The van der Waals surface area contributed by atoms with Crippen LogP contribution in [0.3, 0.4) is 0 Å². The first-order valence-corrected chi connectivity index (χ1v) is 19.7. The molecule has 8 heteroatoms. The summed E-state index contributed by atoms with van der Waals surface area (Å²) in [6.45, 7) is 4.56. The van der Waals surface area contributed by atoms with E-state index < -0.39 is 18.1 Å². The molecule has 0 aliphatic rings. The van der Waals surface area contributed by atoms with Crippen molar-refractivity contribution in [2.45, 2.75) is 161 Å². The number of carboxylic acid groups (broad SMARTS) is 1. The first-order chi connectivity index (χ1) is 24.1. The quantitative estimate of drug-likeness (QED) is 0.0308. The molecule has 0 saturated carbocycles. The van der Waals surface area contributed by atoms with Gasteiger partial charge in [-0.2, -0.15) is 0 Å². The van der Waals surface area contributed by atoms with Gasteiger partial charge in [-0.05, 0) is 51.4 Å². The Balaban J connectivity index is 4.44. The van der Waals surface area contributed by atoms with Gasteiger partial charge in [0.05, 0.1) is 34.4 Å². The van der Waals surface area contributed by atoms with E-state index in [1.165, 1.54) is 38.5 Å². The van der Waals surface area contributed by atoms with Crippen molar-refractivity contribution in [3.63, 3.8) is 0 Å². The molecule has 0 aromatic rings. The lowest BCUT2D eigenvalue weighted by Gasteiger charge is -2.31. The number of esters is 2. The molecule has 0 bridgehead atoms. The van der Waals surface area contributed by atoms with Gasteiger partial charge in [-0.3, -0.25) is 9.59 Å². The van der Waals surface area contributed by atoms with Crippen LogP contribution < -0.4 is 0 Å². The number of rotatable bonds is 34. The third kappa shape index (κ3) is 31.3. The lowest BCUT2D eigenvalue weighted by Crippen LogP contribution is -2.50. The maximum absolute atomic E-state index is 12.7. The molecule has 1 N–H and O–H groups in total. The van der Waals surface area contributed by atoms with Crippen LogP contribution in [0.5, 0.6) is 0 Å². The monoisotopic (exact) mass is 705 g/mol. The number of ether oxygens (including phenoxy) is 3. The van der Waals surface area contributed by atoms with Crippen LogP contribution in [-0.4, -0.2) is 80.6 Å². The van der Waals surface area contributed by atoms with Crippen molar-refractivity contribution in [1.82, 2.24) is 0 Å². The summed E-state index contributed by atoms with van der Waals surface area (Å²) < 4.78 is 17.2. The molecule has 8 nitrogen and oxygen atoms in total. The number of unbranched alkanes of at least 4 members (excludes halogenated alkanes) is 12. The van der Waals surface area contributed by atoms with Crippen LogP contribution in [0.1, 0.15) is 149 Å². The molecular weight excluding hydrogens is 630 g/mol. The van der Waals surface area contributed by atoms with Gasteiger partial charge in [-0.25, -0.2) is 4.79 Å². The first kappa shape index (κ1) is 47.3. The summed E-state index contributed by atoms with van der Waals surface area (Å²) in [6.07, 6.45) is 37.2. The normalized spacial score (nSPS) is 13.5. The summed E-state index contributed by atoms with van der Waals surface area (Å²) in [4.78, 5) is 36.7. The van der Waals surface area contributed by atoms with Crippen molar-refractivity contribution in [3.05, 3.63) is 48.6 Å². The molecule has 0 radical (unpaired) electrons. The molecule has 0 rings (SSSR count). The predicted octanol–water partition coefficient (Wildman–Crippen LogP) is 10.1. The number of hydrogen-bond acceptors (Lipinski definition) is 6. The van der Waals surface area contributed by atoms with Gasteiger partial charge in [0.25, 0.3) is 0 Å². The largest absolute Gasteiger partial charge is 0.477 e. The number of carbonyl (C=O) groups excluding carboxylic acids is 2. The fourth-order valence-corrected chi connectivity index (χ4v) is 5.43. The molecule has 0 aromatic heterocycles. The van der Waals surface area contributed by atoms with E-state index in [9.17, 15) is 19.5 Å². The Morgan fingerprint density at radius 2 is 1.12 bits per heavy atom. The molecule has 0 saturated heterocycles. The Hall–Kier alpha value is -2.71. The second-order valence-corrected chi connectivity index (χ2v) is 14.2. The van der Waals surface area contributed by atoms with E-state index in [4.69, 9.17) is 14.2 Å². The van der Waals surface area contributed by atoms with Crippen molar-refractivity contribution >= 4 is 17.9 Å². The molecule has 0 aliphatic heterocycles. The average Bonchev–Trinajstić information content (AvgIpc) is 3.06. The highest BCUT2D eigenvalue weighted by Gasteiger charge is 2.31. The number of aliphatic carboxylic acids is 1. The summed E-state index contributed by atoms with van der Waals surface area (Å²) in [7, 11) is 5.50. The molecule has 0 amide bonds. The summed E-state index contributed by atoms with van der Waals surface area (Å²) in [5.41, 5.74) is 0. The van der Waals surface area contributed by atoms with Crippen LogP contribution in [-0.2, 0) is 28.6 Å². The minimum absolute atomic E-state index is 0.0510. The Morgan fingerprint density at radius 1 is 0.620 bits per heavy atom. The van der Waals surface area contributed by atoms with E-state index >= 15 is 0 Å². The summed E-state index contributed by atoms with van der Waals surface area (Å²) in [6, 6.07) is -0.618. The molecule has 2 atom stereocenters. The number of allylic oxidation sites excluding steroid dienone is 8. The minimum Gasteiger partial charge on any atom is -0.477 e. The highest BCUT2D eigenvalue weighted by Crippen LogP contribution is 2.13. The van der Waals surface area contributed by atoms with Crippen molar-refractivity contribution in [3.8, 4) is 0 Å². The zero-order valence-electron chi connectivity index (χ0n) is 32.6. The molecule has 0 heterocycles. The third-order valence-corrected chi connectivity index (χ3v) is 8.49. The summed E-state index contributed by atoms with van der Waals surface area (Å²) >= 11 is 0. The molecule has 0 fully saturated rings. The highest BCUT2D eigenvalue weighted by atomic mass is 16.6. The fourth-order valence-electron chi connectivity index (χ4n) is 5.43. The van der Waals surface area contributed by atoms with E-state index in [1.54, 1.807) is 0 Å². The van der Waals surface area contributed by atoms with E-state index in [0.717, 1.165) is 77.0 Å². The smallest absolute Gasteiger partial charge is 0.362 e. The van der Waals surface area contributed by atoms with Gasteiger partial charge in [-0.15, -0.1) is 0 Å². The maximum Gasteiger partial charge on any atom is 0.362 e. The van der Waals surface area contributed by atoms with Crippen molar-refractivity contribution in [2.24, 2.45) is 0 Å². The number of carboxylic acids is 1. The summed E-state index contributed by atoms with van der Waals surface area (Å²) in [5.74, 6) is -1.51. The maximum atomic E-state index is 12.7. The van der Waals surface area contributed by atoms with Gasteiger partial charge in [0.1, 0.15) is 6.61 Å². The Morgan fingerprint density at radius 3 is 1.66 bits per heavy atom. The highest BCUT2D eigenvalue weighted by molar-refractivity contribution is 5.72. The van der Waals surface area contributed by atoms with Crippen molar-refractivity contribution < 1.29 is 38.2 Å². The number of quaternary nitrogens is 1. The van der Waals surface area contributed by atoms with Crippen LogP contribution in [0.2, 0.25) is 0 Å².